The zero-order valence-corrected chi connectivity index (χ0v) is 12.4. The monoisotopic (exact) mass is 320 g/mol. The summed E-state index contributed by atoms with van der Waals surface area (Å²) in [5, 5.41) is 20.4. The molecule has 7 nitrogen and oxygen atoms in total. The van der Waals surface area contributed by atoms with Gasteiger partial charge in [-0.25, -0.2) is 9.10 Å². The number of carbonyl (C=O) groups is 1. The number of hydrogen-bond acceptors (Lipinski definition) is 6. The summed E-state index contributed by atoms with van der Waals surface area (Å²) in [5.74, 6) is -0.233. The highest BCUT2D eigenvalue weighted by atomic mass is 32.1. The highest BCUT2D eigenvalue weighted by Crippen LogP contribution is 2.29. The van der Waals surface area contributed by atoms with Gasteiger partial charge in [-0.2, -0.15) is 0 Å². The normalized spacial score (nSPS) is 10.1. The Kier molecular flexibility index (Phi) is 4.52. The van der Waals surface area contributed by atoms with Crippen LogP contribution >= 0.6 is 12.8 Å². The number of phenols is 1. The third-order valence-corrected chi connectivity index (χ3v) is 3.25. The van der Waals surface area contributed by atoms with E-state index in [9.17, 15) is 20.0 Å². The third-order valence-electron chi connectivity index (χ3n) is 2.87. The first-order chi connectivity index (χ1) is 10.4. The molecule has 2 aromatic carbocycles. The van der Waals surface area contributed by atoms with Gasteiger partial charge in [0.15, 0.2) is 11.5 Å². The summed E-state index contributed by atoms with van der Waals surface area (Å²) in [6, 6.07) is 9.99. The molecule has 0 saturated carbocycles. The Labute approximate surface area is 131 Å². The van der Waals surface area contributed by atoms with Crippen LogP contribution in [0.3, 0.4) is 0 Å². The second-order valence-electron chi connectivity index (χ2n) is 4.38. The van der Waals surface area contributed by atoms with E-state index in [1.807, 2.05) is 0 Å². The number of hydrogen-bond donors (Lipinski definition) is 2. The van der Waals surface area contributed by atoms with Crippen molar-refractivity contribution in [2.75, 3.05) is 4.31 Å². The lowest BCUT2D eigenvalue weighted by Crippen LogP contribution is -2.25. The zero-order chi connectivity index (χ0) is 16.3. The van der Waals surface area contributed by atoms with E-state index < -0.39 is 11.0 Å². The van der Waals surface area contributed by atoms with Crippen LogP contribution < -0.4 is 9.04 Å². The molecule has 0 aromatic heterocycles. The van der Waals surface area contributed by atoms with Crippen LogP contribution in [-0.4, -0.2) is 16.1 Å². The largest absolute Gasteiger partial charge is 0.504 e. The quantitative estimate of drug-likeness (QED) is 0.513. The van der Waals surface area contributed by atoms with Crippen LogP contribution in [0.4, 0.5) is 16.2 Å². The fraction of sp³-hybridized carbons (Fsp3) is 0.0714. The predicted molar refractivity (Wildman–Crippen MR) is 83.4 cm³/mol. The molecule has 0 fully saturated rings. The number of ether oxygens (including phenoxy) is 1. The highest BCUT2D eigenvalue weighted by molar-refractivity contribution is 7.82. The van der Waals surface area contributed by atoms with Crippen LogP contribution in [0.2, 0.25) is 0 Å². The average molecular weight is 320 g/mol. The van der Waals surface area contributed by atoms with Crippen LogP contribution in [0, 0.1) is 17.0 Å². The van der Waals surface area contributed by atoms with Gasteiger partial charge in [0, 0.05) is 12.1 Å². The maximum Gasteiger partial charge on any atom is 0.430 e. The Bertz CT molecular complexity index is 735. The van der Waals surface area contributed by atoms with Crippen molar-refractivity contribution in [2.45, 2.75) is 6.92 Å². The van der Waals surface area contributed by atoms with E-state index >= 15 is 0 Å². The second kappa shape index (κ2) is 6.35. The first kappa shape index (κ1) is 15.6. The van der Waals surface area contributed by atoms with Crippen molar-refractivity contribution in [1.82, 2.24) is 0 Å². The minimum atomic E-state index is -0.895. The number of nitro benzene ring substituents is 1. The van der Waals surface area contributed by atoms with E-state index in [0.29, 0.717) is 5.56 Å². The number of nitro groups is 1. The number of para-hydroxylation sites is 2. The van der Waals surface area contributed by atoms with E-state index in [-0.39, 0.29) is 22.9 Å². The van der Waals surface area contributed by atoms with Gasteiger partial charge in [0.25, 0.3) is 5.69 Å². The SMILES string of the molecule is Cc1ccc([N+](=O)[O-])cc1N(S)C(=O)Oc1ccccc1O. The average Bonchev–Trinajstić information content (AvgIpc) is 2.49. The topological polar surface area (TPSA) is 92.9 Å². The number of benzene rings is 2. The van der Waals surface area contributed by atoms with Gasteiger partial charge < -0.3 is 9.84 Å². The smallest absolute Gasteiger partial charge is 0.430 e. The molecule has 0 unspecified atom stereocenters. The lowest BCUT2D eigenvalue weighted by Gasteiger charge is -2.17. The van der Waals surface area contributed by atoms with Gasteiger partial charge in [-0.05, 0) is 24.6 Å². The van der Waals surface area contributed by atoms with Gasteiger partial charge in [-0.3, -0.25) is 10.1 Å². The number of thiol groups is 1. The summed E-state index contributed by atoms with van der Waals surface area (Å²) in [6.07, 6.45) is -0.895. The van der Waals surface area contributed by atoms with Gasteiger partial charge >= 0.3 is 6.09 Å². The molecule has 8 heteroatoms. The first-order valence-electron chi connectivity index (χ1n) is 6.14. The molecule has 2 aromatic rings. The van der Waals surface area contributed by atoms with Crippen LogP contribution in [0.1, 0.15) is 5.56 Å². The molecular formula is C14H12N2O5S. The fourth-order valence-electron chi connectivity index (χ4n) is 1.72. The fourth-order valence-corrected chi connectivity index (χ4v) is 1.97. The molecule has 114 valence electrons. The number of amides is 1. The van der Waals surface area contributed by atoms with Crippen molar-refractivity contribution in [3.8, 4) is 11.5 Å². The number of aryl methyl sites for hydroxylation is 1. The summed E-state index contributed by atoms with van der Waals surface area (Å²) in [6.45, 7) is 1.68. The zero-order valence-electron chi connectivity index (χ0n) is 11.5. The van der Waals surface area contributed by atoms with Crippen molar-refractivity contribution in [3.63, 3.8) is 0 Å². The number of aromatic hydroxyl groups is 1. The summed E-state index contributed by atoms with van der Waals surface area (Å²) in [7, 11) is 0. The Morgan fingerprint density at radius 2 is 2.00 bits per heavy atom. The second-order valence-corrected chi connectivity index (χ2v) is 4.78. The summed E-state index contributed by atoms with van der Waals surface area (Å²) < 4.78 is 5.85. The minimum Gasteiger partial charge on any atom is -0.504 e. The highest BCUT2D eigenvalue weighted by Gasteiger charge is 2.20. The number of phenolic OH excluding ortho intramolecular Hbond substituents is 1. The molecule has 0 bridgehead atoms. The molecule has 0 aliphatic heterocycles. The molecule has 2 rings (SSSR count). The third kappa shape index (κ3) is 3.29. The van der Waals surface area contributed by atoms with Gasteiger partial charge in [0.1, 0.15) is 0 Å². The lowest BCUT2D eigenvalue weighted by atomic mass is 10.2. The molecule has 22 heavy (non-hydrogen) atoms. The van der Waals surface area contributed by atoms with E-state index in [0.717, 1.165) is 4.31 Å². The number of anilines is 1. The number of nitrogens with zero attached hydrogens (tertiary/aromatic N) is 2. The molecule has 0 aliphatic rings. The summed E-state index contributed by atoms with van der Waals surface area (Å²) in [5.41, 5.74) is 0.655. The van der Waals surface area contributed by atoms with Crippen LogP contribution in [0.5, 0.6) is 11.5 Å². The van der Waals surface area contributed by atoms with Gasteiger partial charge in [-0.1, -0.05) is 31.0 Å². The molecule has 0 heterocycles. The van der Waals surface area contributed by atoms with Crippen molar-refractivity contribution in [3.05, 3.63) is 58.1 Å². The number of rotatable bonds is 3. The van der Waals surface area contributed by atoms with Crippen molar-refractivity contribution < 1.29 is 19.6 Å². The van der Waals surface area contributed by atoms with Crippen molar-refractivity contribution >= 4 is 30.3 Å². The molecule has 0 spiro atoms. The molecular weight excluding hydrogens is 308 g/mol. The molecule has 0 radical (unpaired) electrons. The number of non-ortho nitro benzene ring substituents is 1. The first-order valence-corrected chi connectivity index (χ1v) is 6.54. The summed E-state index contributed by atoms with van der Waals surface area (Å²) in [4.78, 5) is 22.3. The minimum absolute atomic E-state index is 0.0327. The Morgan fingerprint density at radius 3 is 2.64 bits per heavy atom. The van der Waals surface area contributed by atoms with E-state index in [1.165, 1.54) is 30.3 Å². The van der Waals surface area contributed by atoms with Gasteiger partial charge in [-0.15, -0.1) is 0 Å². The molecule has 1 N–H and O–H groups in total. The maximum absolute atomic E-state index is 12.0. The van der Waals surface area contributed by atoms with Crippen molar-refractivity contribution in [1.29, 1.82) is 0 Å². The molecule has 0 saturated heterocycles. The van der Waals surface area contributed by atoms with E-state index in [4.69, 9.17) is 4.74 Å². The van der Waals surface area contributed by atoms with Crippen LogP contribution in [0.25, 0.3) is 0 Å². The van der Waals surface area contributed by atoms with Crippen LogP contribution in [-0.2, 0) is 0 Å². The van der Waals surface area contributed by atoms with E-state index in [2.05, 4.69) is 12.8 Å². The maximum atomic E-state index is 12.0. The van der Waals surface area contributed by atoms with Gasteiger partial charge in [0.2, 0.25) is 0 Å². The van der Waals surface area contributed by atoms with Crippen molar-refractivity contribution in [2.24, 2.45) is 0 Å². The van der Waals surface area contributed by atoms with E-state index in [1.54, 1.807) is 19.1 Å². The lowest BCUT2D eigenvalue weighted by molar-refractivity contribution is -0.384. The Balaban J connectivity index is 2.26. The summed E-state index contributed by atoms with van der Waals surface area (Å²) >= 11 is 4.02. The molecule has 0 aliphatic carbocycles. The Morgan fingerprint density at radius 1 is 1.32 bits per heavy atom. The predicted octanol–water partition coefficient (Wildman–Crippen LogP) is 3.46. The number of carbonyl (C=O) groups excluding carboxylic acids is 1. The van der Waals surface area contributed by atoms with Crippen LogP contribution in [0.15, 0.2) is 42.5 Å². The van der Waals surface area contributed by atoms with Gasteiger partial charge in [0.05, 0.1) is 10.6 Å². The molecule has 0 atom stereocenters. The standard InChI is InChI=1S/C14H12N2O5S/c1-9-6-7-10(16(19)20)8-11(9)15(22)14(18)21-13-5-3-2-4-12(13)17/h2-8,17,22H,1H3. The Hall–Kier alpha value is -2.74. The molecule has 1 amide bonds.